The first-order valence-electron chi connectivity index (χ1n) is 20.3. The molecule has 4 nitrogen and oxygen atoms in total. The van der Waals surface area contributed by atoms with Crippen LogP contribution in [0.4, 0.5) is 0 Å². The molecule has 1 unspecified atom stereocenters. The number of rotatable bonds is 6. The van der Waals surface area contributed by atoms with Crippen LogP contribution in [0.3, 0.4) is 0 Å². The van der Waals surface area contributed by atoms with Crippen LogP contribution in [-0.2, 0) is 6.42 Å². The van der Waals surface area contributed by atoms with Crippen molar-refractivity contribution in [2.24, 2.45) is 0 Å². The molecule has 0 saturated carbocycles. The van der Waals surface area contributed by atoms with Gasteiger partial charge in [0.2, 0.25) is 0 Å². The van der Waals surface area contributed by atoms with Gasteiger partial charge in [0.25, 0.3) is 0 Å². The number of furan rings is 1. The van der Waals surface area contributed by atoms with Crippen LogP contribution in [0.1, 0.15) is 22.7 Å². The van der Waals surface area contributed by atoms with Gasteiger partial charge in [-0.05, 0) is 76.7 Å². The van der Waals surface area contributed by atoms with E-state index in [0.29, 0.717) is 0 Å². The van der Waals surface area contributed by atoms with Gasteiger partial charge in [0.1, 0.15) is 11.4 Å². The quantitative estimate of drug-likeness (QED) is 0.169. The molecule has 0 bridgehead atoms. The van der Waals surface area contributed by atoms with Crippen molar-refractivity contribution in [1.29, 1.82) is 0 Å². The van der Waals surface area contributed by atoms with Crippen LogP contribution >= 0.6 is 0 Å². The highest BCUT2D eigenvalue weighted by Gasteiger charge is 2.26. The number of imidazole rings is 1. The molecule has 278 valence electrons. The van der Waals surface area contributed by atoms with E-state index in [9.17, 15) is 0 Å². The summed E-state index contributed by atoms with van der Waals surface area (Å²) in [4.78, 5) is 5.12. The molecule has 3 heterocycles. The molecule has 0 fully saturated rings. The first-order valence-corrected chi connectivity index (χ1v) is 20.3. The second-order valence-corrected chi connectivity index (χ2v) is 15.5. The lowest BCUT2D eigenvalue weighted by atomic mass is 9.88. The molecule has 1 atom stereocenters. The highest BCUT2D eigenvalue weighted by atomic mass is 16.3. The molecule has 0 saturated heterocycles. The Labute approximate surface area is 341 Å². The molecular weight excluding hydrogens is 719 g/mol. The van der Waals surface area contributed by atoms with E-state index < -0.39 is 0 Å². The normalized spacial score (nSPS) is 13.8. The summed E-state index contributed by atoms with van der Waals surface area (Å²) in [5.74, 6) is 1.19. The van der Waals surface area contributed by atoms with Gasteiger partial charge in [-0.2, -0.15) is 0 Å². The number of hydrogen-bond acceptors (Lipinski definition) is 2. The SMILES string of the molecule is C1=CC(c2ccccc2)Cc2c1c1ccc(-c3ccccc3)cc1n2-c1cccc2c1oc1cccc(-c3ccc(-c4nc5ccccc5n4-c4ccccc4)cc3)c12. The van der Waals surface area contributed by atoms with E-state index in [1.54, 1.807) is 0 Å². The number of allylic oxidation sites excluding steroid dienone is 1. The number of benzene rings is 8. The van der Waals surface area contributed by atoms with Crippen molar-refractivity contribution in [3.63, 3.8) is 0 Å². The Morgan fingerprint density at radius 3 is 2.07 bits per heavy atom. The third-order valence-electron chi connectivity index (χ3n) is 12.1. The minimum Gasteiger partial charge on any atom is -0.454 e. The summed E-state index contributed by atoms with van der Waals surface area (Å²) in [5, 5.41) is 3.46. The maximum absolute atomic E-state index is 6.98. The predicted octanol–water partition coefficient (Wildman–Crippen LogP) is 14.2. The maximum Gasteiger partial charge on any atom is 0.159 e. The number of fused-ring (bicyclic) bond motifs is 7. The molecule has 59 heavy (non-hydrogen) atoms. The summed E-state index contributed by atoms with van der Waals surface area (Å²) in [6.45, 7) is 0. The van der Waals surface area contributed by atoms with Crippen LogP contribution in [0.15, 0.2) is 205 Å². The maximum atomic E-state index is 6.98. The minimum atomic E-state index is 0.272. The molecule has 1 aliphatic carbocycles. The van der Waals surface area contributed by atoms with E-state index in [1.807, 2.05) is 6.07 Å². The molecule has 0 spiro atoms. The second kappa shape index (κ2) is 13.5. The average molecular weight is 756 g/mol. The fourth-order valence-electron chi connectivity index (χ4n) is 9.36. The number of nitrogens with zero attached hydrogens (tertiary/aromatic N) is 3. The molecule has 12 rings (SSSR count). The van der Waals surface area contributed by atoms with Crippen LogP contribution < -0.4 is 0 Å². The zero-order valence-electron chi connectivity index (χ0n) is 32.2. The summed E-state index contributed by atoms with van der Waals surface area (Å²) in [6.07, 6.45) is 5.60. The highest BCUT2D eigenvalue weighted by molar-refractivity contribution is 6.14. The smallest absolute Gasteiger partial charge is 0.159 e. The Morgan fingerprint density at radius 1 is 0.525 bits per heavy atom. The van der Waals surface area contributed by atoms with Gasteiger partial charge in [0, 0.05) is 44.6 Å². The second-order valence-electron chi connectivity index (χ2n) is 15.5. The summed E-state index contributed by atoms with van der Waals surface area (Å²) in [7, 11) is 0. The van der Waals surface area contributed by atoms with Crippen LogP contribution in [0.5, 0.6) is 0 Å². The van der Waals surface area contributed by atoms with Gasteiger partial charge in [-0.1, -0.05) is 164 Å². The zero-order chi connectivity index (χ0) is 38.9. The van der Waals surface area contributed by atoms with Crippen molar-refractivity contribution in [2.45, 2.75) is 12.3 Å². The Bertz CT molecular complexity index is 3390. The van der Waals surface area contributed by atoms with E-state index in [4.69, 9.17) is 9.40 Å². The lowest BCUT2D eigenvalue weighted by Gasteiger charge is -2.20. The van der Waals surface area contributed by atoms with Gasteiger partial charge < -0.3 is 8.98 Å². The van der Waals surface area contributed by atoms with Crippen molar-refractivity contribution in [3.05, 3.63) is 217 Å². The van der Waals surface area contributed by atoms with E-state index in [1.165, 1.54) is 38.9 Å². The minimum absolute atomic E-state index is 0.272. The van der Waals surface area contributed by atoms with Crippen molar-refractivity contribution >= 4 is 50.0 Å². The number of aromatic nitrogens is 3. The van der Waals surface area contributed by atoms with Crippen LogP contribution in [-0.4, -0.2) is 14.1 Å². The molecule has 0 aliphatic heterocycles. The lowest BCUT2D eigenvalue weighted by molar-refractivity contribution is 0.664. The van der Waals surface area contributed by atoms with E-state index in [2.05, 4.69) is 209 Å². The van der Waals surface area contributed by atoms with E-state index >= 15 is 0 Å². The summed E-state index contributed by atoms with van der Waals surface area (Å²) in [6, 6.07) is 69.2. The fourth-order valence-corrected chi connectivity index (χ4v) is 9.36. The Kier molecular flexibility index (Phi) is 7.63. The van der Waals surface area contributed by atoms with Crippen molar-refractivity contribution in [3.8, 4) is 45.0 Å². The molecule has 1 aliphatic rings. The Balaban J connectivity index is 1.02. The van der Waals surface area contributed by atoms with Gasteiger partial charge in [-0.25, -0.2) is 4.98 Å². The molecule has 0 radical (unpaired) electrons. The monoisotopic (exact) mass is 755 g/mol. The molecule has 4 heteroatoms. The zero-order valence-corrected chi connectivity index (χ0v) is 32.2. The molecular formula is C55H37N3O. The van der Waals surface area contributed by atoms with Gasteiger partial charge in [-0.3, -0.25) is 4.57 Å². The first kappa shape index (κ1) is 33.4. The van der Waals surface area contributed by atoms with Crippen molar-refractivity contribution in [2.75, 3.05) is 0 Å². The summed E-state index contributed by atoms with van der Waals surface area (Å²) in [5.41, 5.74) is 16.8. The molecule has 3 aromatic heterocycles. The fraction of sp³-hybridized carbons (Fsp3) is 0.0364. The van der Waals surface area contributed by atoms with Crippen molar-refractivity contribution in [1.82, 2.24) is 14.1 Å². The van der Waals surface area contributed by atoms with Gasteiger partial charge >= 0.3 is 0 Å². The van der Waals surface area contributed by atoms with Crippen LogP contribution in [0.25, 0.3) is 95.0 Å². The predicted molar refractivity (Wildman–Crippen MR) is 243 cm³/mol. The van der Waals surface area contributed by atoms with Crippen LogP contribution in [0, 0.1) is 0 Å². The molecule has 0 amide bonds. The van der Waals surface area contributed by atoms with Gasteiger partial charge in [-0.15, -0.1) is 0 Å². The van der Waals surface area contributed by atoms with Gasteiger partial charge in [0.15, 0.2) is 5.58 Å². The van der Waals surface area contributed by atoms with E-state index in [-0.39, 0.29) is 5.92 Å². The Morgan fingerprint density at radius 2 is 1.24 bits per heavy atom. The topological polar surface area (TPSA) is 35.9 Å². The summed E-state index contributed by atoms with van der Waals surface area (Å²) >= 11 is 0. The average Bonchev–Trinajstić information content (AvgIpc) is 3.99. The first-order chi connectivity index (χ1) is 29.3. The van der Waals surface area contributed by atoms with Gasteiger partial charge in [0.05, 0.1) is 22.2 Å². The number of hydrogen-bond donors (Lipinski definition) is 0. The molecule has 0 N–H and O–H groups in total. The van der Waals surface area contributed by atoms with Crippen LogP contribution in [0.2, 0.25) is 0 Å². The molecule has 11 aromatic rings. The summed E-state index contributed by atoms with van der Waals surface area (Å²) < 4.78 is 11.7. The standard InChI is InChI=1S/C55H37N3O/c1-4-14-36(15-5-1)40-30-32-44-45-33-31-41(37-16-6-2-7-17-37)35-51(45)58(50(44)34-40)49-24-12-21-46-53-43(20-13-25-52(53)59-54(46)49)38-26-28-39(29-27-38)55-56-47-22-10-11-23-48(47)57(55)42-18-8-3-9-19-42/h1-34,41H,35H2. The third kappa shape index (κ3) is 5.41. The highest BCUT2D eigenvalue weighted by Crippen LogP contribution is 2.44. The largest absolute Gasteiger partial charge is 0.454 e. The van der Waals surface area contributed by atoms with E-state index in [0.717, 1.165) is 73.3 Å². The lowest BCUT2D eigenvalue weighted by Crippen LogP contribution is -2.10. The molecule has 8 aromatic carbocycles. The van der Waals surface area contributed by atoms with Crippen molar-refractivity contribution < 1.29 is 4.42 Å². The Hall–Kier alpha value is -7.69. The third-order valence-corrected chi connectivity index (χ3v) is 12.1. The number of para-hydroxylation sites is 4.